The third-order valence-corrected chi connectivity index (χ3v) is 1.76. The number of nitrogens with two attached hydrogens (primary N) is 1. The second kappa shape index (κ2) is 2.17. The number of imidazole rings is 1. The van der Waals surface area contributed by atoms with Crippen molar-refractivity contribution in [2.24, 2.45) is 7.05 Å². The summed E-state index contributed by atoms with van der Waals surface area (Å²) in [5.41, 5.74) is 7.91. The van der Waals surface area contributed by atoms with Crippen LogP contribution in [0, 0.1) is 6.92 Å². The van der Waals surface area contributed by atoms with Crippen molar-refractivity contribution < 1.29 is 0 Å². The summed E-state index contributed by atoms with van der Waals surface area (Å²) in [5, 5.41) is 0. The van der Waals surface area contributed by atoms with Gasteiger partial charge in [0.05, 0.1) is 12.0 Å². The van der Waals surface area contributed by atoms with Crippen LogP contribution in [0.2, 0.25) is 0 Å². The molecule has 0 saturated heterocycles. The van der Waals surface area contributed by atoms with Gasteiger partial charge in [-0.25, -0.2) is 9.97 Å². The van der Waals surface area contributed by atoms with Crippen molar-refractivity contribution in [1.29, 1.82) is 0 Å². The monoisotopic (exact) mass is 163 g/mol. The predicted molar refractivity (Wildman–Crippen MR) is 45.5 cm³/mol. The standard InChI is InChI=1S/C7H9N5/c1-4-5-6(9-3-12(5)2)11-7(8)10-4/h3H,1-2H3,(H2,8,10,11). The zero-order valence-electron chi connectivity index (χ0n) is 6.94. The average Bonchev–Trinajstić information content (AvgIpc) is 2.31. The van der Waals surface area contributed by atoms with Crippen molar-refractivity contribution in [2.75, 3.05) is 5.73 Å². The molecule has 0 bridgehead atoms. The molecule has 12 heavy (non-hydrogen) atoms. The van der Waals surface area contributed by atoms with Crippen LogP contribution in [0.1, 0.15) is 5.69 Å². The zero-order valence-corrected chi connectivity index (χ0v) is 6.94. The van der Waals surface area contributed by atoms with E-state index in [0.29, 0.717) is 5.65 Å². The number of rotatable bonds is 0. The zero-order chi connectivity index (χ0) is 8.72. The van der Waals surface area contributed by atoms with E-state index in [9.17, 15) is 0 Å². The fourth-order valence-electron chi connectivity index (χ4n) is 1.28. The highest BCUT2D eigenvalue weighted by atomic mass is 15.1. The lowest BCUT2D eigenvalue weighted by molar-refractivity contribution is 0.937. The number of nitrogens with zero attached hydrogens (tertiary/aromatic N) is 4. The van der Waals surface area contributed by atoms with Crippen LogP contribution < -0.4 is 5.73 Å². The smallest absolute Gasteiger partial charge is 0.222 e. The normalized spacial score (nSPS) is 10.8. The van der Waals surface area contributed by atoms with Gasteiger partial charge >= 0.3 is 0 Å². The molecular weight excluding hydrogens is 154 g/mol. The summed E-state index contributed by atoms with van der Waals surface area (Å²) >= 11 is 0. The van der Waals surface area contributed by atoms with Gasteiger partial charge in [-0.1, -0.05) is 0 Å². The molecule has 0 fully saturated rings. The highest BCUT2D eigenvalue weighted by Crippen LogP contribution is 2.12. The van der Waals surface area contributed by atoms with Gasteiger partial charge in [0.1, 0.15) is 5.52 Å². The molecule has 0 atom stereocenters. The van der Waals surface area contributed by atoms with Gasteiger partial charge in [-0.05, 0) is 6.92 Å². The Balaban J connectivity index is 2.93. The molecule has 5 heteroatoms. The second-order valence-corrected chi connectivity index (χ2v) is 2.69. The van der Waals surface area contributed by atoms with Gasteiger partial charge in [-0.15, -0.1) is 0 Å². The van der Waals surface area contributed by atoms with Crippen molar-refractivity contribution in [3.63, 3.8) is 0 Å². The van der Waals surface area contributed by atoms with Gasteiger partial charge in [0, 0.05) is 7.05 Å². The van der Waals surface area contributed by atoms with E-state index >= 15 is 0 Å². The molecule has 0 aliphatic rings. The molecule has 0 aromatic carbocycles. The summed E-state index contributed by atoms with van der Waals surface area (Å²) in [5.74, 6) is 0.277. The van der Waals surface area contributed by atoms with E-state index in [1.165, 1.54) is 0 Å². The third-order valence-electron chi connectivity index (χ3n) is 1.76. The van der Waals surface area contributed by atoms with Gasteiger partial charge in [-0.2, -0.15) is 4.98 Å². The Hall–Kier alpha value is -1.65. The number of nitrogen functional groups attached to an aromatic ring is 1. The third kappa shape index (κ3) is 0.827. The summed E-state index contributed by atoms with van der Waals surface area (Å²) in [6.07, 6.45) is 1.70. The molecule has 0 saturated carbocycles. The van der Waals surface area contributed by atoms with E-state index in [1.54, 1.807) is 6.33 Å². The highest BCUT2D eigenvalue weighted by molar-refractivity contribution is 5.74. The van der Waals surface area contributed by atoms with Gasteiger partial charge in [-0.3, -0.25) is 0 Å². The Morgan fingerprint density at radius 1 is 1.42 bits per heavy atom. The molecule has 2 heterocycles. The summed E-state index contributed by atoms with van der Waals surface area (Å²) in [6, 6.07) is 0. The summed E-state index contributed by atoms with van der Waals surface area (Å²) < 4.78 is 1.88. The van der Waals surface area contributed by atoms with Gasteiger partial charge < -0.3 is 10.3 Å². The predicted octanol–water partition coefficient (Wildman–Crippen LogP) is 0.254. The number of aryl methyl sites for hydroxylation is 2. The molecule has 5 nitrogen and oxygen atoms in total. The van der Waals surface area contributed by atoms with E-state index in [4.69, 9.17) is 5.73 Å². The first-order chi connectivity index (χ1) is 5.68. The fourth-order valence-corrected chi connectivity index (χ4v) is 1.28. The van der Waals surface area contributed by atoms with Crippen LogP contribution in [0.25, 0.3) is 11.2 Å². The van der Waals surface area contributed by atoms with Gasteiger partial charge in [0.2, 0.25) is 5.95 Å². The molecule has 0 amide bonds. The van der Waals surface area contributed by atoms with Crippen LogP contribution in [0.5, 0.6) is 0 Å². The number of anilines is 1. The molecular formula is C7H9N5. The molecule has 0 spiro atoms. The largest absolute Gasteiger partial charge is 0.368 e. The van der Waals surface area contributed by atoms with E-state index in [2.05, 4.69) is 15.0 Å². The van der Waals surface area contributed by atoms with Crippen LogP contribution in [0.3, 0.4) is 0 Å². The molecule has 0 radical (unpaired) electrons. The Kier molecular flexibility index (Phi) is 1.27. The van der Waals surface area contributed by atoms with Crippen LogP contribution in [-0.2, 0) is 7.05 Å². The Morgan fingerprint density at radius 2 is 2.17 bits per heavy atom. The number of aromatic nitrogens is 4. The lowest BCUT2D eigenvalue weighted by atomic mass is 10.4. The molecule has 2 aromatic heterocycles. The molecule has 62 valence electrons. The molecule has 2 N–H and O–H groups in total. The first kappa shape index (κ1) is 7.02. The fraction of sp³-hybridized carbons (Fsp3) is 0.286. The minimum Gasteiger partial charge on any atom is -0.368 e. The maximum atomic E-state index is 5.46. The number of hydrogen-bond donors (Lipinski definition) is 1. The Bertz CT molecular complexity index is 431. The lowest BCUT2D eigenvalue weighted by Crippen LogP contribution is -1.98. The van der Waals surface area contributed by atoms with Crippen molar-refractivity contribution in [3.05, 3.63) is 12.0 Å². The SMILES string of the molecule is Cc1nc(N)nc2ncn(C)c12. The summed E-state index contributed by atoms with van der Waals surface area (Å²) in [7, 11) is 1.90. The van der Waals surface area contributed by atoms with Gasteiger partial charge in [0.15, 0.2) is 5.65 Å². The van der Waals surface area contributed by atoms with E-state index in [0.717, 1.165) is 11.2 Å². The van der Waals surface area contributed by atoms with E-state index in [1.807, 2.05) is 18.5 Å². The van der Waals surface area contributed by atoms with Crippen molar-refractivity contribution in [1.82, 2.24) is 19.5 Å². The topological polar surface area (TPSA) is 69.6 Å². The van der Waals surface area contributed by atoms with Crippen LogP contribution in [0.4, 0.5) is 5.95 Å². The maximum absolute atomic E-state index is 5.46. The first-order valence-electron chi connectivity index (χ1n) is 3.59. The Morgan fingerprint density at radius 3 is 2.92 bits per heavy atom. The van der Waals surface area contributed by atoms with Crippen LogP contribution in [-0.4, -0.2) is 19.5 Å². The Labute approximate surface area is 69.3 Å². The lowest BCUT2D eigenvalue weighted by Gasteiger charge is -1.98. The molecule has 2 rings (SSSR count). The van der Waals surface area contributed by atoms with Crippen LogP contribution >= 0.6 is 0 Å². The first-order valence-corrected chi connectivity index (χ1v) is 3.59. The van der Waals surface area contributed by atoms with E-state index < -0.39 is 0 Å². The maximum Gasteiger partial charge on any atom is 0.222 e. The molecule has 0 unspecified atom stereocenters. The minimum atomic E-state index is 0.277. The molecule has 0 aliphatic heterocycles. The van der Waals surface area contributed by atoms with E-state index in [-0.39, 0.29) is 5.95 Å². The highest BCUT2D eigenvalue weighted by Gasteiger charge is 2.05. The van der Waals surface area contributed by atoms with Gasteiger partial charge in [0.25, 0.3) is 0 Å². The number of hydrogen-bond acceptors (Lipinski definition) is 4. The summed E-state index contributed by atoms with van der Waals surface area (Å²) in [4.78, 5) is 12.1. The summed E-state index contributed by atoms with van der Waals surface area (Å²) in [6.45, 7) is 1.89. The van der Waals surface area contributed by atoms with Crippen molar-refractivity contribution in [3.8, 4) is 0 Å². The van der Waals surface area contributed by atoms with Crippen LogP contribution in [0.15, 0.2) is 6.33 Å². The number of fused-ring (bicyclic) bond motifs is 1. The average molecular weight is 163 g/mol. The van der Waals surface area contributed by atoms with Crippen molar-refractivity contribution >= 4 is 17.1 Å². The second-order valence-electron chi connectivity index (χ2n) is 2.69. The molecule has 0 aliphatic carbocycles. The minimum absolute atomic E-state index is 0.277. The van der Waals surface area contributed by atoms with Crippen molar-refractivity contribution in [2.45, 2.75) is 6.92 Å². The quantitative estimate of drug-likeness (QED) is 0.604. The molecule has 2 aromatic rings.